The number of aliphatic imine (C=N–C) groups is 1. The number of amides is 2. The van der Waals surface area contributed by atoms with E-state index in [1.54, 1.807) is 0 Å². The van der Waals surface area contributed by atoms with E-state index >= 15 is 0 Å². The van der Waals surface area contributed by atoms with E-state index in [0.29, 0.717) is 25.6 Å². The molecule has 1 saturated carbocycles. The van der Waals surface area contributed by atoms with E-state index in [4.69, 9.17) is 4.99 Å². The van der Waals surface area contributed by atoms with E-state index < -0.39 is 0 Å². The first kappa shape index (κ1) is 21.4. The van der Waals surface area contributed by atoms with Crippen molar-refractivity contribution in [1.82, 2.24) is 15.5 Å². The Balaban J connectivity index is 1.34. The molecule has 2 aliphatic carbocycles. The quantitative estimate of drug-likeness (QED) is 0.303. The van der Waals surface area contributed by atoms with Crippen molar-refractivity contribution >= 4 is 23.5 Å². The third-order valence-electron chi connectivity index (χ3n) is 6.78. The molecule has 2 amide bonds. The number of aryl methyl sites for hydroxylation is 1. The fraction of sp³-hybridized carbons (Fsp3) is 0.542. The van der Waals surface area contributed by atoms with Crippen molar-refractivity contribution in [2.45, 2.75) is 26.8 Å². The van der Waals surface area contributed by atoms with Crippen molar-refractivity contribution in [2.24, 2.45) is 28.7 Å². The average Bonchev–Trinajstić information content (AvgIpc) is 3.42. The summed E-state index contributed by atoms with van der Waals surface area (Å²) < 4.78 is 0. The van der Waals surface area contributed by atoms with Crippen molar-refractivity contribution in [2.75, 3.05) is 38.6 Å². The highest BCUT2D eigenvalue weighted by Gasteiger charge is 2.58. The summed E-state index contributed by atoms with van der Waals surface area (Å²) in [5.74, 6) is 0.963. The lowest BCUT2D eigenvalue weighted by Gasteiger charge is -2.19. The van der Waals surface area contributed by atoms with Crippen LogP contribution in [0.2, 0.25) is 0 Å². The summed E-state index contributed by atoms with van der Waals surface area (Å²) >= 11 is 0. The second-order valence-electron chi connectivity index (χ2n) is 8.96. The molecule has 31 heavy (non-hydrogen) atoms. The number of likely N-dealkylation sites (tertiary alicyclic amines) is 1. The highest BCUT2D eigenvalue weighted by atomic mass is 16.2. The van der Waals surface area contributed by atoms with Crippen molar-refractivity contribution in [3.8, 4) is 0 Å². The van der Waals surface area contributed by atoms with Crippen molar-refractivity contribution in [3.63, 3.8) is 0 Å². The van der Waals surface area contributed by atoms with Crippen LogP contribution in [0.3, 0.4) is 0 Å². The number of anilines is 1. The number of hydrogen-bond donors (Lipinski definition) is 2. The van der Waals surface area contributed by atoms with Crippen LogP contribution >= 0.6 is 0 Å². The van der Waals surface area contributed by atoms with Crippen LogP contribution in [0.25, 0.3) is 0 Å². The highest BCUT2D eigenvalue weighted by Crippen LogP contribution is 2.52. The molecular weight excluding hydrogens is 390 g/mol. The number of rotatable bonds is 7. The number of carbonyl (C=O) groups is 2. The Morgan fingerprint density at radius 1 is 1.13 bits per heavy atom. The molecular formula is C24H33N5O2. The summed E-state index contributed by atoms with van der Waals surface area (Å²) in [4.78, 5) is 33.9. The minimum absolute atomic E-state index is 0.00666. The smallest absolute Gasteiger partial charge is 0.233 e. The first-order chi connectivity index (χ1) is 14.9. The fourth-order valence-corrected chi connectivity index (χ4v) is 5.11. The summed E-state index contributed by atoms with van der Waals surface area (Å²) in [7, 11) is 4.06. The lowest BCUT2D eigenvalue weighted by molar-refractivity contribution is -0.140. The molecule has 1 aromatic rings. The van der Waals surface area contributed by atoms with E-state index in [9.17, 15) is 9.59 Å². The monoisotopic (exact) mass is 423 g/mol. The fourth-order valence-electron chi connectivity index (χ4n) is 5.11. The molecule has 0 radical (unpaired) electrons. The van der Waals surface area contributed by atoms with Crippen LogP contribution in [0, 0.1) is 30.6 Å². The van der Waals surface area contributed by atoms with Gasteiger partial charge in [-0.2, -0.15) is 0 Å². The number of nitrogens with zero attached hydrogens (tertiary/aromatic N) is 3. The van der Waals surface area contributed by atoms with Crippen molar-refractivity contribution in [1.29, 1.82) is 0 Å². The second-order valence-corrected chi connectivity index (χ2v) is 8.96. The highest BCUT2D eigenvalue weighted by molar-refractivity contribution is 6.06. The average molecular weight is 424 g/mol. The predicted molar refractivity (Wildman–Crippen MR) is 123 cm³/mol. The van der Waals surface area contributed by atoms with Gasteiger partial charge in [-0.3, -0.25) is 14.5 Å². The van der Waals surface area contributed by atoms with E-state index in [0.717, 1.165) is 13.0 Å². The van der Waals surface area contributed by atoms with E-state index in [-0.39, 0.29) is 35.5 Å². The van der Waals surface area contributed by atoms with Crippen LogP contribution in [-0.4, -0.2) is 56.4 Å². The largest absolute Gasteiger partial charge is 0.378 e. The first-order valence-electron chi connectivity index (χ1n) is 11.2. The van der Waals surface area contributed by atoms with Gasteiger partial charge in [0.25, 0.3) is 0 Å². The topological polar surface area (TPSA) is 77.0 Å². The lowest BCUT2D eigenvalue weighted by atomic mass is 9.85. The summed E-state index contributed by atoms with van der Waals surface area (Å²) in [6.45, 7) is 6.30. The summed E-state index contributed by atoms with van der Waals surface area (Å²) in [5.41, 5.74) is 3.54. The minimum atomic E-state index is -0.127. The number of guanidine groups is 1. The maximum absolute atomic E-state index is 12.8. The van der Waals surface area contributed by atoms with E-state index in [1.807, 2.05) is 21.0 Å². The Morgan fingerprint density at radius 3 is 2.39 bits per heavy atom. The van der Waals surface area contributed by atoms with Crippen molar-refractivity contribution < 1.29 is 9.59 Å². The molecule has 4 unspecified atom stereocenters. The number of hydrogen-bond acceptors (Lipinski definition) is 4. The molecule has 0 spiro atoms. The molecule has 7 heteroatoms. The molecule has 0 aromatic heterocycles. The first-order valence-corrected chi connectivity index (χ1v) is 11.2. The zero-order chi connectivity index (χ0) is 22.1. The third kappa shape index (κ3) is 4.05. The molecule has 1 aromatic carbocycles. The Hall–Kier alpha value is -2.83. The van der Waals surface area contributed by atoms with Crippen LogP contribution < -0.4 is 15.5 Å². The zero-order valence-electron chi connectivity index (χ0n) is 18.9. The Bertz CT molecular complexity index is 893. The van der Waals surface area contributed by atoms with Gasteiger partial charge < -0.3 is 15.5 Å². The van der Waals surface area contributed by atoms with Gasteiger partial charge in [0.15, 0.2) is 5.96 Å². The number of nitrogens with one attached hydrogen (secondary N) is 2. The zero-order valence-corrected chi connectivity index (χ0v) is 18.9. The molecule has 4 rings (SSSR count). The van der Waals surface area contributed by atoms with Crippen LogP contribution in [-0.2, 0) is 16.1 Å². The summed E-state index contributed by atoms with van der Waals surface area (Å²) in [6, 6.07) is 6.37. The Labute approximate surface area is 184 Å². The van der Waals surface area contributed by atoms with E-state index in [1.165, 1.54) is 21.7 Å². The van der Waals surface area contributed by atoms with Crippen LogP contribution in [0.5, 0.6) is 0 Å². The third-order valence-corrected chi connectivity index (χ3v) is 6.78. The molecule has 1 saturated heterocycles. The standard InChI is InChI=1S/C24H33N5O2/c1-5-25-24(27-14-18-8-9-19(28(3)4)12-15(18)2)26-10-11-29-22(30)20-16-6-7-17(13-16)21(20)23(29)31/h6-9,12,16-17,20-21H,5,10-11,13-14H2,1-4H3,(H2,25,26,27). The maximum Gasteiger partial charge on any atom is 0.233 e. The summed E-state index contributed by atoms with van der Waals surface area (Å²) in [5, 5.41) is 6.53. The van der Waals surface area contributed by atoms with Gasteiger partial charge in [0, 0.05) is 39.4 Å². The van der Waals surface area contributed by atoms with E-state index in [2.05, 4.69) is 52.8 Å². The maximum atomic E-state index is 12.8. The predicted octanol–water partition coefficient (Wildman–Crippen LogP) is 1.92. The van der Waals surface area contributed by atoms with Crippen molar-refractivity contribution in [3.05, 3.63) is 41.5 Å². The van der Waals surface area contributed by atoms with Gasteiger partial charge in [-0.15, -0.1) is 0 Å². The molecule has 1 heterocycles. The number of benzene rings is 1. The van der Waals surface area contributed by atoms with Gasteiger partial charge >= 0.3 is 0 Å². The molecule has 7 nitrogen and oxygen atoms in total. The number of allylic oxidation sites excluding steroid dienone is 2. The van der Waals surface area contributed by atoms with Crippen LogP contribution in [0.4, 0.5) is 5.69 Å². The normalized spacial score (nSPS) is 26.6. The molecule has 2 bridgehead atoms. The van der Waals surface area contributed by atoms with Crippen LogP contribution in [0.1, 0.15) is 24.5 Å². The molecule has 2 fully saturated rings. The van der Waals surface area contributed by atoms with Gasteiger partial charge in [-0.1, -0.05) is 18.2 Å². The molecule has 1 aliphatic heterocycles. The Morgan fingerprint density at radius 2 is 1.81 bits per heavy atom. The van der Waals surface area contributed by atoms with Gasteiger partial charge in [0.05, 0.1) is 18.4 Å². The van der Waals surface area contributed by atoms with Gasteiger partial charge in [-0.25, -0.2) is 4.99 Å². The number of imide groups is 1. The lowest BCUT2D eigenvalue weighted by Crippen LogP contribution is -2.43. The number of fused-ring (bicyclic) bond motifs is 5. The molecule has 2 N–H and O–H groups in total. The van der Waals surface area contributed by atoms with Crippen LogP contribution in [0.15, 0.2) is 35.3 Å². The molecule has 3 aliphatic rings. The second kappa shape index (κ2) is 8.73. The Kier molecular flexibility index (Phi) is 6.03. The minimum Gasteiger partial charge on any atom is -0.378 e. The molecule has 4 atom stereocenters. The molecule has 166 valence electrons. The van der Waals surface area contributed by atoms with Gasteiger partial charge in [-0.05, 0) is 55.4 Å². The van der Waals surface area contributed by atoms with Gasteiger partial charge in [0.1, 0.15) is 0 Å². The SMILES string of the molecule is CCNC(=NCc1ccc(N(C)C)cc1C)NCCN1C(=O)C2C3C=CC(C3)C2C1=O. The summed E-state index contributed by atoms with van der Waals surface area (Å²) in [6.07, 6.45) is 5.22. The number of carbonyl (C=O) groups excluding carboxylic acids is 2. The van der Waals surface area contributed by atoms with Gasteiger partial charge in [0.2, 0.25) is 11.8 Å².